The van der Waals surface area contributed by atoms with Gasteiger partial charge in [0, 0.05) is 16.0 Å². The number of esters is 1. The summed E-state index contributed by atoms with van der Waals surface area (Å²) in [5.41, 5.74) is 2.78. The summed E-state index contributed by atoms with van der Waals surface area (Å²) in [6, 6.07) is 20.3. The predicted octanol–water partition coefficient (Wildman–Crippen LogP) is 5.01. The van der Waals surface area contributed by atoms with Gasteiger partial charge in [0.1, 0.15) is 18.4 Å². The van der Waals surface area contributed by atoms with Gasteiger partial charge < -0.3 is 13.9 Å². The summed E-state index contributed by atoms with van der Waals surface area (Å²) in [4.78, 5) is 12.9. The zero-order valence-corrected chi connectivity index (χ0v) is 15.5. The van der Waals surface area contributed by atoms with Gasteiger partial charge in [-0.1, -0.05) is 48.0 Å². The molecule has 0 radical (unpaired) electrons. The van der Waals surface area contributed by atoms with Crippen molar-refractivity contribution in [2.24, 2.45) is 0 Å². The minimum Gasteiger partial charge on any atom is -0.477 e. The second kappa shape index (κ2) is 7.63. The van der Waals surface area contributed by atoms with Crippen molar-refractivity contribution in [3.8, 4) is 11.8 Å². The van der Waals surface area contributed by atoms with Crippen LogP contribution in [-0.2, 0) is 11.3 Å². The molecule has 0 aliphatic carbocycles. The fourth-order valence-electron chi connectivity index (χ4n) is 3.16. The van der Waals surface area contributed by atoms with Crippen molar-refractivity contribution in [3.63, 3.8) is 0 Å². The SMILES string of the molecule is N#CCOc1ccc2c(C(=O)OCc3ccccc3Cl)c3ccccc3n2c1. The third-order valence-corrected chi connectivity index (χ3v) is 4.80. The van der Waals surface area contributed by atoms with Crippen molar-refractivity contribution in [1.82, 2.24) is 4.40 Å². The number of benzene rings is 2. The molecule has 5 nitrogen and oxygen atoms in total. The first-order valence-electron chi connectivity index (χ1n) is 8.62. The van der Waals surface area contributed by atoms with Crippen LogP contribution in [-0.4, -0.2) is 17.0 Å². The van der Waals surface area contributed by atoms with Crippen LogP contribution < -0.4 is 4.74 Å². The lowest BCUT2D eigenvalue weighted by Gasteiger charge is -2.07. The molecule has 0 bridgehead atoms. The highest BCUT2D eigenvalue weighted by molar-refractivity contribution is 6.31. The van der Waals surface area contributed by atoms with Crippen LogP contribution in [0.1, 0.15) is 15.9 Å². The molecule has 0 aliphatic heterocycles. The third kappa shape index (κ3) is 3.26. The number of hydrogen-bond acceptors (Lipinski definition) is 4. The smallest absolute Gasteiger partial charge is 0.341 e. The Balaban J connectivity index is 1.74. The van der Waals surface area contributed by atoms with Crippen molar-refractivity contribution < 1.29 is 14.3 Å². The molecule has 2 heterocycles. The lowest BCUT2D eigenvalue weighted by atomic mass is 10.1. The van der Waals surface area contributed by atoms with Gasteiger partial charge in [-0.2, -0.15) is 5.26 Å². The van der Waals surface area contributed by atoms with Gasteiger partial charge >= 0.3 is 5.97 Å². The number of rotatable bonds is 5. The first-order valence-corrected chi connectivity index (χ1v) is 9.00. The highest BCUT2D eigenvalue weighted by Gasteiger charge is 2.20. The highest BCUT2D eigenvalue weighted by atomic mass is 35.5. The normalized spacial score (nSPS) is 10.7. The number of ether oxygens (including phenoxy) is 2. The van der Waals surface area contributed by atoms with Crippen LogP contribution in [0.15, 0.2) is 66.9 Å². The van der Waals surface area contributed by atoms with Gasteiger partial charge in [0.2, 0.25) is 0 Å². The van der Waals surface area contributed by atoms with Crippen LogP contribution in [0.4, 0.5) is 0 Å². The van der Waals surface area contributed by atoms with Gasteiger partial charge in [0.05, 0.1) is 22.8 Å². The Bertz CT molecular complexity index is 1220. The van der Waals surface area contributed by atoms with Crippen molar-refractivity contribution in [2.45, 2.75) is 6.61 Å². The lowest BCUT2D eigenvalue weighted by Crippen LogP contribution is -2.06. The molecule has 0 fully saturated rings. The Hall–Kier alpha value is -3.49. The summed E-state index contributed by atoms with van der Waals surface area (Å²) >= 11 is 6.15. The van der Waals surface area contributed by atoms with Gasteiger partial charge in [0.15, 0.2) is 6.61 Å². The van der Waals surface area contributed by atoms with E-state index < -0.39 is 5.97 Å². The van der Waals surface area contributed by atoms with Gasteiger partial charge in [0.25, 0.3) is 0 Å². The van der Waals surface area contributed by atoms with Crippen LogP contribution in [0.3, 0.4) is 0 Å². The second-order valence-electron chi connectivity index (χ2n) is 6.13. The molecule has 0 unspecified atom stereocenters. The zero-order chi connectivity index (χ0) is 19.5. The van der Waals surface area contributed by atoms with Gasteiger partial charge in [-0.15, -0.1) is 0 Å². The van der Waals surface area contributed by atoms with E-state index in [4.69, 9.17) is 26.3 Å². The molecule has 4 rings (SSSR count). The molecule has 2 aromatic carbocycles. The van der Waals surface area contributed by atoms with Crippen LogP contribution in [0.25, 0.3) is 16.4 Å². The number of nitrogens with zero attached hydrogens (tertiary/aromatic N) is 2. The van der Waals surface area contributed by atoms with E-state index in [0.29, 0.717) is 21.9 Å². The Labute approximate surface area is 166 Å². The van der Waals surface area contributed by atoms with Crippen molar-refractivity contribution in [2.75, 3.05) is 6.61 Å². The van der Waals surface area contributed by atoms with E-state index in [2.05, 4.69) is 0 Å². The quantitative estimate of drug-likeness (QED) is 0.449. The number of hydrogen-bond donors (Lipinski definition) is 0. The fourth-order valence-corrected chi connectivity index (χ4v) is 3.35. The predicted molar refractivity (Wildman–Crippen MR) is 107 cm³/mol. The number of carbonyl (C=O) groups is 1. The van der Waals surface area contributed by atoms with Crippen molar-refractivity contribution in [3.05, 3.63) is 83.0 Å². The summed E-state index contributed by atoms with van der Waals surface area (Å²) in [7, 11) is 0. The first kappa shape index (κ1) is 17.9. The molecule has 4 aromatic rings. The van der Waals surface area contributed by atoms with Crippen LogP contribution in [0.5, 0.6) is 5.75 Å². The summed E-state index contributed by atoms with van der Waals surface area (Å²) in [5, 5.41) is 10.0. The second-order valence-corrected chi connectivity index (χ2v) is 6.53. The Morgan fingerprint density at radius 2 is 1.82 bits per heavy atom. The van der Waals surface area contributed by atoms with E-state index >= 15 is 0 Å². The average Bonchev–Trinajstić information content (AvgIpc) is 3.05. The molecule has 0 spiro atoms. The molecule has 138 valence electrons. The lowest BCUT2D eigenvalue weighted by molar-refractivity contribution is 0.0477. The van der Waals surface area contributed by atoms with Gasteiger partial charge in [-0.05, 0) is 24.3 Å². The number of nitriles is 1. The maximum Gasteiger partial charge on any atom is 0.341 e. The Kier molecular flexibility index (Phi) is 4.88. The fraction of sp³-hybridized carbons (Fsp3) is 0.0909. The standard InChI is InChI=1S/C22H15ClN2O3/c23-18-7-3-1-5-15(18)14-28-22(26)21-17-6-2-4-8-19(17)25-13-16(27-12-11-24)9-10-20(21)25/h1-10,13H,12,14H2. The van der Waals surface area contributed by atoms with E-state index in [9.17, 15) is 4.79 Å². The molecule has 6 heteroatoms. The average molecular weight is 391 g/mol. The number of aromatic nitrogens is 1. The third-order valence-electron chi connectivity index (χ3n) is 4.43. The minimum absolute atomic E-state index is 0.0442. The summed E-state index contributed by atoms with van der Waals surface area (Å²) in [6.07, 6.45) is 1.76. The van der Waals surface area contributed by atoms with E-state index in [0.717, 1.165) is 16.5 Å². The van der Waals surface area contributed by atoms with Crippen molar-refractivity contribution >= 4 is 34.0 Å². The molecular formula is C22H15ClN2O3. The topological polar surface area (TPSA) is 63.7 Å². The van der Waals surface area contributed by atoms with E-state index in [1.54, 1.807) is 24.4 Å². The molecule has 0 atom stereocenters. The van der Waals surface area contributed by atoms with Gasteiger partial charge in [-0.3, -0.25) is 0 Å². The number of fused-ring (bicyclic) bond motifs is 3. The Morgan fingerprint density at radius 3 is 2.64 bits per heavy atom. The maximum atomic E-state index is 12.9. The number of carbonyl (C=O) groups excluding carboxylic acids is 1. The highest BCUT2D eigenvalue weighted by Crippen LogP contribution is 2.30. The summed E-state index contributed by atoms with van der Waals surface area (Å²) < 4.78 is 12.8. The summed E-state index contributed by atoms with van der Waals surface area (Å²) in [5.74, 6) is 0.120. The Morgan fingerprint density at radius 1 is 1.04 bits per heavy atom. The zero-order valence-electron chi connectivity index (χ0n) is 14.8. The monoisotopic (exact) mass is 390 g/mol. The molecular weight excluding hydrogens is 376 g/mol. The molecule has 0 amide bonds. The summed E-state index contributed by atoms with van der Waals surface area (Å²) in [6.45, 7) is 0.0466. The number of para-hydroxylation sites is 1. The van der Waals surface area contributed by atoms with Crippen LogP contribution in [0, 0.1) is 11.3 Å². The molecule has 0 N–H and O–H groups in total. The van der Waals surface area contributed by atoms with E-state index in [1.807, 2.05) is 52.9 Å². The molecule has 2 aromatic heterocycles. The molecule has 28 heavy (non-hydrogen) atoms. The number of pyridine rings is 1. The van der Waals surface area contributed by atoms with E-state index in [-0.39, 0.29) is 13.2 Å². The molecule has 0 aliphatic rings. The first-order chi connectivity index (χ1) is 13.7. The van der Waals surface area contributed by atoms with Crippen LogP contribution >= 0.6 is 11.6 Å². The van der Waals surface area contributed by atoms with E-state index in [1.165, 1.54) is 0 Å². The number of halogens is 1. The maximum absolute atomic E-state index is 12.9. The largest absolute Gasteiger partial charge is 0.477 e. The minimum atomic E-state index is -0.427. The van der Waals surface area contributed by atoms with Crippen molar-refractivity contribution in [1.29, 1.82) is 5.26 Å². The van der Waals surface area contributed by atoms with Gasteiger partial charge in [-0.25, -0.2) is 4.79 Å². The van der Waals surface area contributed by atoms with Crippen LogP contribution in [0.2, 0.25) is 5.02 Å². The molecule has 0 saturated heterocycles. The molecule has 0 saturated carbocycles.